The number of hydrogen-bond donors (Lipinski definition) is 0. The zero-order valence-corrected chi connectivity index (χ0v) is 6.95. The van der Waals surface area contributed by atoms with Crippen LogP contribution < -0.4 is 0 Å². The van der Waals surface area contributed by atoms with E-state index in [1.807, 2.05) is 7.05 Å². The Labute approximate surface area is 70.5 Å². The van der Waals surface area contributed by atoms with E-state index in [1.165, 1.54) is 0 Å². The van der Waals surface area contributed by atoms with Gasteiger partial charge in [-0.1, -0.05) is 0 Å². The fourth-order valence-corrected chi connectivity index (χ4v) is 1.89. The summed E-state index contributed by atoms with van der Waals surface area (Å²) >= 11 is 0. The lowest BCUT2D eigenvalue weighted by Gasteiger charge is -2.27. The van der Waals surface area contributed by atoms with Gasteiger partial charge >= 0.3 is 11.9 Å². The lowest BCUT2D eigenvalue weighted by molar-refractivity contribution is -0.153. The largest absolute Gasteiger partial charge is 0.393 e. The average molecular weight is 169 g/mol. The molecule has 4 heteroatoms. The van der Waals surface area contributed by atoms with Gasteiger partial charge in [0.15, 0.2) is 0 Å². The lowest BCUT2D eigenvalue weighted by Crippen LogP contribution is -2.39. The molecule has 2 atom stereocenters. The van der Waals surface area contributed by atoms with Crippen LogP contribution in [0.5, 0.6) is 0 Å². The topological polar surface area (TPSA) is 46.6 Å². The van der Waals surface area contributed by atoms with E-state index in [0.29, 0.717) is 6.54 Å². The molecule has 2 fully saturated rings. The van der Waals surface area contributed by atoms with Crippen molar-refractivity contribution >= 4 is 11.9 Å². The van der Waals surface area contributed by atoms with Crippen molar-refractivity contribution in [2.75, 3.05) is 20.1 Å². The second kappa shape index (κ2) is 2.55. The molecule has 0 aromatic carbocycles. The summed E-state index contributed by atoms with van der Waals surface area (Å²) in [6.07, 6.45) is 0.756. The molecule has 0 aromatic rings. The minimum atomic E-state index is -0.337. The van der Waals surface area contributed by atoms with Crippen molar-refractivity contribution in [3.8, 4) is 0 Å². The summed E-state index contributed by atoms with van der Waals surface area (Å²) in [6.45, 7) is 1.54. The molecule has 4 nitrogen and oxygen atoms in total. The zero-order chi connectivity index (χ0) is 8.72. The van der Waals surface area contributed by atoms with Crippen molar-refractivity contribution in [2.45, 2.75) is 6.42 Å². The van der Waals surface area contributed by atoms with E-state index >= 15 is 0 Å². The van der Waals surface area contributed by atoms with Crippen molar-refractivity contribution < 1.29 is 14.3 Å². The van der Waals surface area contributed by atoms with Gasteiger partial charge in [0.1, 0.15) is 0 Å². The molecular weight excluding hydrogens is 158 g/mol. The third kappa shape index (κ3) is 1.03. The third-order valence-corrected chi connectivity index (χ3v) is 2.62. The number of rotatable bonds is 0. The first-order valence-electron chi connectivity index (χ1n) is 4.12. The summed E-state index contributed by atoms with van der Waals surface area (Å²) in [6, 6.07) is 0. The molecule has 2 heterocycles. The molecule has 0 N–H and O–H groups in total. The number of esters is 2. The van der Waals surface area contributed by atoms with Gasteiger partial charge in [0, 0.05) is 6.54 Å². The highest BCUT2D eigenvalue weighted by atomic mass is 16.6. The number of fused-ring (bicyclic) bond motifs is 1. The van der Waals surface area contributed by atoms with Crippen LogP contribution in [-0.4, -0.2) is 37.0 Å². The second-order valence-corrected chi connectivity index (χ2v) is 3.50. The Kier molecular flexibility index (Phi) is 1.65. The van der Waals surface area contributed by atoms with E-state index in [-0.39, 0.29) is 23.8 Å². The van der Waals surface area contributed by atoms with Crippen molar-refractivity contribution in [2.24, 2.45) is 11.8 Å². The van der Waals surface area contributed by atoms with Crippen molar-refractivity contribution in [1.29, 1.82) is 0 Å². The van der Waals surface area contributed by atoms with Gasteiger partial charge in [-0.05, 0) is 20.0 Å². The summed E-state index contributed by atoms with van der Waals surface area (Å²) in [5.74, 6) is -1.01. The summed E-state index contributed by atoms with van der Waals surface area (Å²) in [5, 5.41) is 0. The van der Waals surface area contributed by atoms with Crippen LogP contribution in [0.4, 0.5) is 0 Å². The number of likely N-dealkylation sites (tertiary alicyclic amines) is 1. The molecule has 2 unspecified atom stereocenters. The molecular formula is C8H11NO3. The SMILES string of the molecule is CN1CCC2C(=O)OC(=O)C2C1. The number of nitrogens with zero attached hydrogens (tertiary/aromatic N) is 1. The summed E-state index contributed by atoms with van der Waals surface area (Å²) in [4.78, 5) is 24.2. The van der Waals surface area contributed by atoms with Crippen LogP contribution in [0.15, 0.2) is 0 Å². The third-order valence-electron chi connectivity index (χ3n) is 2.62. The molecule has 2 rings (SSSR count). The maximum Gasteiger partial charge on any atom is 0.318 e. The van der Waals surface area contributed by atoms with Gasteiger partial charge < -0.3 is 9.64 Å². The summed E-state index contributed by atoms with van der Waals surface area (Å²) in [5.41, 5.74) is 0. The highest BCUT2D eigenvalue weighted by Gasteiger charge is 2.46. The maximum absolute atomic E-state index is 11.1. The van der Waals surface area contributed by atoms with Crippen LogP contribution in [0.2, 0.25) is 0 Å². The number of hydrogen-bond acceptors (Lipinski definition) is 4. The zero-order valence-electron chi connectivity index (χ0n) is 6.95. The Bertz CT molecular complexity index is 238. The Morgan fingerprint density at radius 1 is 1.33 bits per heavy atom. The predicted molar refractivity (Wildman–Crippen MR) is 40.2 cm³/mol. The molecule has 0 spiro atoms. The van der Waals surface area contributed by atoms with Crippen LogP contribution in [0.25, 0.3) is 0 Å². The van der Waals surface area contributed by atoms with Crippen LogP contribution in [-0.2, 0) is 14.3 Å². The fraction of sp³-hybridized carbons (Fsp3) is 0.750. The van der Waals surface area contributed by atoms with Gasteiger partial charge in [-0.25, -0.2) is 0 Å². The Hall–Kier alpha value is -0.900. The molecule has 0 saturated carbocycles. The molecule has 2 saturated heterocycles. The summed E-state index contributed by atoms with van der Waals surface area (Å²) < 4.78 is 4.55. The van der Waals surface area contributed by atoms with E-state index in [2.05, 4.69) is 9.64 Å². The Morgan fingerprint density at radius 3 is 2.75 bits per heavy atom. The van der Waals surface area contributed by atoms with Crippen LogP contribution >= 0.6 is 0 Å². The number of carbonyl (C=O) groups excluding carboxylic acids is 2. The molecule has 2 aliphatic rings. The van der Waals surface area contributed by atoms with E-state index in [0.717, 1.165) is 13.0 Å². The first-order chi connectivity index (χ1) is 5.68. The van der Waals surface area contributed by atoms with E-state index < -0.39 is 0 Å². The summed E-state index contributed by atoms with van der Waals surface area (Å²) in [7, 11) is 1.95. The van der Waals surface area contributed by atoms with Crippen LogP contribution in [0, 0.1) is 11.8 Å². The maximum atomic E-state index is 11.1. The molecule has 2 aliphatic heterocycles. The van der Waals surface area contributed by atoms with E-state index in [1.54, 1.807) is 0 Å². The average Bonchev–Trinajstić information content (AvgIpc) is 2.28. The van der Waals surface area contributed by atoms with Gasteiger partial charge in [-0.15, -0.1) is 0 Å². The molecule has 12 heavy (non-hydrogen) atoms. The van der Waals surface area contributed by atoms with Gasteiger partial charge in [0.25, 0.3) is 0 Å². The first-order valence-corrected chi connectivity index (χ1v) is 4.12. The van der Waals surface area contributed by atoms with E-state index in [9.17, 15) is 9.59 Å². The monoisotopic (exact) mass is 169 g/mol. The molecule has 0 aromatic heterocycles. The Morgan fingerprint density at radius 2 is 2.00 bits per heavy atom. The predicted octanol–water partition coefficient (Wildman–Crippen LogP) is -0.362. The van der Waals surface area contributed by atoms with Gasteiger partial charge in [-0.3, -0.25) is 9.59 Å². The minimum absolute atomic E-state index is 0.159. The molecule has 66 valence electrons. The van der Waals surface area contributed by atoms with Crippen molar-refractivity contribution in [3.63, 3.8) is 0 Å². The van der Waals surface area contributed by atoms with Crippen LogP contribution in [0.1, 0.15) is 6.42 Å². The molecule has 0 radical (unpaired) electrons. The molecule has 0 aliphatic carbocycles. The lowest BCUT2D eigenvalue weighted by atomic mass is 9.88. The highest BCUT2D eigenvalue weighted by Crippen LogP contribution is 2.30. The highest BCUT2D eigenvalue weighted by molar-refractivity contribution is 5.96. The van der Waals surface area contributed by atoms with E-state index in [4.69, 9.17) is 0 Å². The standard InChI is InChI=1S/C8H11NO3/c1-9-3-2-5-6(4-9)8(11)12-7(5)10/h5-6H,2-4H2,1H3. The van der Waals surface area contributed by atoms with Gasteiger partial charge in [-0.2, -0.15) is 0 Å². The van der Waals surface area contributed by atoms with Crippen molar-refractivity contribution in [1.82, 2.24) is 4.90 Å². The van der Waals surface area contributed by atoms with Crippen molar-refractivity contribution in [3.05, 3.63) is 0 Å². The normalized spacial score (nSPS) is 36.4. The van der Waals surface area contributed by atoms with Gasteiger partial charge in [0.05, 0.1) is 11.8 Å². The quantitative estimate of drug-likeness (QED) is 0.367. The molecule has 0 amide bonds. The number of cyclic esters (lactones) is 2. The number of carbonyl (C=O) groups is 2. The fourth-order valence-electron chi connectivity index (χ4n) is 1.89. The smallest absolute Gasteiger partial charge is 0.318 e. The minimum Gasteiger partial charge on any atom is -0.393 e. The second-order valence-electron chi connectivity index (χ2n) is 3.50. The van der Waals surface area contributed by atoms with Crippen LogP contribution in [0.3, 0.4) is 0 Å². The number of ether oxygens (including phenoxy) is 1. The first kappa shape index (κ1) is 7.73. The van der Waals surface area contributed by atoms with Gasteiger partial charge in [0.2, 0.25) is 0 Å². The Balaban J connectivity index is 2.17. The molecule has 0 bridgehead atoms. The number of piperidine rings is 1.